The molecule has 1 N–H and O–H groups in total. The molecule has 0 bridgehead atoms. The van der Waals surface area contributed by atoms with Crippen molar-refractivity contribution in [2.45, 2.75) is 6.54 Å². The second kappa shape index (κ2) is 3.53. The third kappa shape index (κ3) is 1.59. The van der Waals surface area contributed by atoms with Crippen LogP contribution in [0, 0.1) is 0 Å². The zero-order valence-electron chi connectivity index (χ0n) is 7.75. The summed E-state index contributed by atoms with van der Waals surface area (Å²) in [6.45, 7) is -0.0404. The van der Waals surface area contributed by atoms with E-state index in [1.54, 1.807) is 6.07 Å². The van der Waals surface area contributed by atoms with E-state index < -0.39 is 0 Å². The summed E-state index contributed by atoms with van der Waals surface area (Å²) in [7, 11) is 0. The Morgan fingerprint density at radius 3 is 3.00 bits per heavy atom. The van der Waals surface area contributed by atoms with Crippen LogP contribution in [0.3, 0.4) is 0 Å². The lowest BCUT2D eigenvalue weighted by Gasteiger charge is -2.05. The molecule has 5 heteroatoms. The normalized spacial score (nSPS) is 10.4. The largest absolute Gasteiger partial charge is 0.506 e. The van der Waals surface area contributed by atoms with Crippen LogP contribution < -0.4 is 5.56 Å². The average Bonchev–Trinajstić information content (AvgIpc) is 2.23. The van der Waals surface area contributed by atoms with Crippen molar-refractivity contribution in [1.29, 1.82) is 0 Å². The fourth-order valence-corrected chi connectivity index (χ4v) is 1.42. The van der Waals surface area contributed by atoms with Gasteiger partial charge in [0.2, 0.25) is 0 Å². The molecule has 15 heavy (non-hydrogen) atoms. The second-order valence-corrected chi connectivity index (χ2v) is 3.05. The molecular weight excluding hydrogens is 196 g/mol. The molecule has 0 aliphatic heterocycles. The van der Waals surface area contributed by atoms with Crippen molar-refractivity contribution in [2.24, 2.45) is 0 Å². The Labute approximate surface area is 84.6 Å². The van der Waals surface area contributed by atoms with Gasteiger partial charge in [-0.05, 0) is 6.07 Å². The van der Waals surface area contributed by atoms with Gasteiger partial charge >= 0.3 is 0 Å². The van der Waals surface area contributed by atoms with E-state index in [0.29, 0.717) is 17.3 Å². The molecule has 2 rings (SSSR count). The quantitative estimate of drug-likeness (QED) is 0.714. The van der Waals surface area contributed by atoms with Crippen LogP contribution in [-0.2, 0) is 11.3 Å². The van der Waals surface area contributed by atoms with E-state index in [9.17, 15) is 14.7 Å². The summed E-state index contributed by atoms with van der Waals surface area (Å²) in [5.41, 5.74) is 0.728. The first-order valence-electron chi connectivity index (χ1n) is 4.34. The number of pyridine rings is 2. The minimum Gasteiger partial charge on any atom is -0.506 e. The smallest absolute Gasteiger partial charge is 0.251 e. The monoisotopic (exact) mass is 204 g/mol. The molecule has 0 radical (unpaired) electrons. The van der Waals surface area contributed by atoms with E-state index in [0.717, 1.165) is 0 Å². The summed E-state index contributed by atoms with van der Waals surface area (Å²) in [5, 5.41) is 9.25. The van der Waals surface area contributed by atoms with Crippen molar-refractivity contribution in [3.8, 4) is 5.75 Å². The van der Waals surface area contributed by atoms with Crippen LogP contribution in [0.15, 0.2) is 29.2 Å². The number of aromatic nitrogens is 2. The second-order valence-electron chi connectivity index (χ2n) is 3.05. The molecule has 2 heterocycles. The average molecular weight is 204 g/mol. The third-order valence-electron chi connectivity index (χ3n) is 2.08. The Bertz CT molecular complexity index is 574. The van der Waals surface area contributed by atoms with Gasteiger partial charge in [-0.25, -0.2) is 0 Å². The first-order chi connectivity index (χ1) is 7.22. The summed E-state index contributed by atoms with van der Waals surface area (Å²) >= 11 is 0. The zero-order chi connectivity index (χ0) is 10.8. The molecule has 0 amide bonds. The molecule has 0 aliphatic rings. The van der Waals surface area contributed by atoms with Crippen molar-refractivity contribution in [1.82, 2.24) is 9.55 Å². The highest BCUT2D eigenvalue weighted by molar-refractivity contribution is 5.76. The van der Waals surface area contributed by atoms with Crippen molar-refractivity contribution in [2.75, 3.05) is 0 Å². The van der Waals surface area contributed by atoms with Gasteiger partial charge in [0.25, 0.3) is 5.56 Å². The van der Waals surface area contributed by atoms with Crippen molar-refractivity contribution in [3.63, 3.8) is 0 Å². The zero-order valence-corrected chi connectivity index (χ0v) is 7.75. The fraction of sp³-hybridized carbons (Fsp3) is 0.100. The number of rotatable bonds is 2. The minimum absolute atomic E-state index is 0.0345. The Morgan fingerprint density at radius 1 is 1.47 bits per heavy atom. The minimum atomic E-state index is -0.290. The topological polar surface area (TPSA) is 72.2 Å². The van der Waals surface area contributed by atoms with Crippen LogP contribution in [0.25, 0.3) is 11.0 Å². The summed E-state index contributed by atoms with van der Waals surface area (Å²) in [6.07, 6.45) is 1.92. The highest BCUT2D eigenvalue weighted by Crippen LogP contribution is 2.14. The molecule has 76 valence electrons. The Morgan fingerprint density at radius 2 is 2.27 bits per heavy atom. The van der Waals surface area contributed by atoms with Crippen LogP contribution in [0.5, 0.6) is 5.75 Å². The molecular formula is C10H8N2O3. The molecule has 5 nitrogen and oxygen atoms in total. The van der Waals surface area contributed by atoms with E-state index in [4.69, 9.17) is 0 Å². The van der Waals surface area contributed by atoms with Gasteiger partial charge in [0.1, 0.15) is 12.0 Å². The van der Waals surface area contributed by atoms with Gasteiger partial charge in [0.15, 0.2) is 0 Å². The number of nitrogens with zero attached hydrogens (tertiary/aromatic N) is 2. The summed E-state index contributed by atoms with van der Waals surface area (Å²) in [6, 6.07) is 4.31. The Hall–Kier alpha value is -2.17. The number of hydrogen-bond donors (Lipinski definition) is 1. The number of carbonyl (C=O) groups is 1. The number of aromatic hydroxyl groups is 1. The number of fused-ring (bicyclic) bond motifs is 1. The maximum absolute atomic E-state index is 11.4. The van der Waals surface area contributed by atoms with Crippen molar-refractivity contribution < 1.29 is 9.90 Å². The van der Waals surface area contributed by atoms with E-state index in [1.807, 2.05) is 0 Å². The molecule has 0 atom stereocenters. The van der Waals surface area contributed by atoms with Crippen LogP contribution in [0.1, 0.15) is 0 Å². The Balaban J connectivity index is 2.84. The van der Waals surface area contributed by atoms with Crippen LogP contribution in [-0.4, -0.2) is 20.9 Å². The van der Waals surface area contributed by atoms with Gasteiger partial charge in [0, 0.05) is 12.1 Å². The van der Waals surface area contributed by atoms with E-state index in [-0.39, 0.29) is 17.9 Å². The molecule has 0 unspecified atom stereocenters. The van der Waals surface area contributed by atoms with Crippen molar-refractivity contribution in [3.05, 3.63) is 34.7 Å². The predicted molar refractivity (Wildman–Crippen MR) is 53.7 cm³/mol. The molecule has 0 aromatic carbocycles. The first-order valence-corrected chi connectivity index (χ1v) is 4.34. The van der Waals surface area contributed by atoms with E-state index >= 15 is 0 Å². The van der Waals surface area contributed by atoms with Crippen molar-refractivity contribution >= 4 is 17.3 Å². The van der Waals surface area contributed by atoms with Gasteiger partial charge < -0.3 is 9.90 Å². The number of hydrogen-bond acceptors (Lipinski definition) is 4. The van der Waals surface area contributed by atoms with E-state index in [2.05, 4.69) is 4.98 Å². The summed E-state index contributed by atoms with van der Waals surface area (Å²) in [4.78, 5) is 25.8. The standard InChI is InChI=1S/C10H8N2O3/c13-4-3-12-9-5-7(14)6-11-8(9)1-2-10(12)15/h1-2,4-6,14H,3H2. The predicted octanol–water partition coefficient (Wildman–Crippen LogP) is 0.301. The third-order valence-corrected chi connectivity index (χ3v) is 2.08. The van der Waals surface area contributed by atoms with E-state index in [1.165, 1.54) is 22.9 Å². The number of aldehydes is 1. The van der Waals surface area contributed by atoms with Gasteiger partial charge in [0.05, 0.1) is 23.8 Å². The summed E-state index contributed by atoms with van der Waals surface area (Å²) < 4.78 is 1.26. The number of carbonyl (C=O) groups excluding carboxylic acids is 1. The highest BCUT2D eigenvalue weighted by Gasteiger charge is 2.03. The van der Waals surface area contributed by atoms with Gasteiger partial charge in [-0.1, -0.05) is 0 Å². The molecule has 2 aromatic heterocycles. The maximum atomic E-state index is 11.4. The molecule has 0 spiro atoms. The summed E-state index contributed by atoms with van der Waals surface area (Å²) in [5.74, 6) is -0.0345. The molecule has 0 aliphatic carbocycles. The lowest BCUT2D eigenvalue weighted by Crippen LogP contribution is -2.20. The molecule has 0 saturated carbocycles. The molecule has 0 saturated heterocycles. The van der Waals surface area contributed by atoms with Gasteiger partial charge in [-0.2, -0.15) is 0 Å². The lowest BCUT2D eigenvalue weighted by molar-refractivity contribution is -0.108. The lowest BCUT2D eigenvalue weighted by atomic mass is 10.3. The maximum Gasteiger partial charge on any atom is 0.251 e. The van der Waals surface area contributed by atoms with Crippen LogP contribution in [0.2, 0.25) is 0 Å². The molecule has 0 fully saturated rings. The SMILES string of the molecule is O=CCn1c(=O)ccc2ncc(O)cc21. The van der Waals surface area contributed by atoms with Crippen LogP contribution >= 0.6 is 0 Å². The fourth-order valence-electron chi connectivity index (χ4n) is 1.42. The Kier molecular flexibility index (Phi) is 2.21. The van der Waals surface area contributed by atoms with Gasteiger partial charge in [-0.15, -0.1) is 0 Å². The van der Waals surface area contributed by atoms with Crippen LogP contribution in [0.4, 0.5) is 0 Å². The highest BCUT2D eigenvalue weighted by atomic mass is 16.3. The first kappa shape index (κ1) is 9.39. The molecule has 2 aromatic rings. The van der Waals surface area contributed by atoms with Gasteiger partial charge in [-0.3, -0.25) is 14.3 Å².